The molecule has 2 atom stereocenters. The van der Waals surface area contributed by atoms with Crippen LogP contribution in [0.1, 0.15) is 30.5 Å². The topological polar surface area (TPSA) is 46.2 Å². The van der Waals surface area contributed by atoms with E-state index in [1.54, 1.807) is 0 Å². The van der Waals surface area contributed by atoms with Crippen LogP contribution in [0, 0.1) is 0 Å². The summed E-state index contributed by atoms with van der Waals surface area (Å²) in [4.78, 5) is 0. The van der Waals surface area contributed by atoms with Gasteiger partial charge in [0.05, 0.1) is 17.2 Å². The Kier molecular flexibility index (Phi) is 3.76. The van der Waals surface area contributed by atoms with Crippen LogP contribution in [0.5, 0.6) is 0 Å². The number of fused-ring (bicyclic) bond motifs is 1. The van der Waals surface area contributed by atoms with E-state index in [1.807, 2.05) is 31.2 Å². The van der Waals surface area contributed by atoms with Crippen molar-refractivity contribution in [1.29, 1.82) is 0 Å². The number of sulfonamides is 1. The summed E-state index contributed by atoms with van der Waals surface area (Å²) in [6, 6.07) is 7.51. The highest BCUT2D eigenvalue weighted by molar-refractivity contribution is 7.89. The van der Waals surface area contributed by atoms with Crippen LogP contribution < -0.4 is 4.72 Å². The Labute approximate surface area is 107 Å². The molecule has 2 unspecified atom stereocenters. The number of rotatable bonds is 4. The van der Waals surface area contributed by atoms with E-state index in [9.17, 15) is 8.42 Å². The first-order chi connectivity index (χ1) is 8.03. The maximum absolute atomic E-state index is 11.8. The van der Waals surface area contributed by atoms with Crippen molar-refractivity contribution in [3.05, 3.63) is 35.4 Å². The lowest BCUT2D eigenvalue weighted by Gasteiger charge is -2.17. The number of halogens is 1. The zero-order valence-corrected chi connectivity index (χ0v) is 11.3. The molecule has 0 aromatic heterocycles. The second kappa shape index (κ2) is 4.96. The van der Waals surface area contributed by atoms with Gasteiger partial charge in [-0.25, -0.2) is 13.1 Å². The molecule has 5 heteroatoms. The van der Waals surface area contributed by atoms with Gasteiger partial charge in [-0.05, 0) is 24.0 Å². The molecule has 1 aromatic carbocycles. The first-order valence-corrected chi connectivity index (χ1v) is 7.84. The Morgan fingerprint density at radius 1 is 1.41 bits per heavy atom. The highest BCUT2D eigenvalue weighted by atomic mass is 35.5. The number of nitrogens with one attached hydrogen (secondary N) is 1. The summed E-state index contributed by atoms with van der Waals surface area (Å²) in [6.45, 7) is 1.85. The van der Waals surface area contributed by atoms with Crippen LogP contribution >= 0.6 is 11.6 Å². The normalized spacial score (nSPS) is 23.6. The van der Waals surface area contributed by atoms with Gasteiger partial charge < -0.3 is 0 Å². The van der Waals surface area contributed by atoms with Crippen molar-refractivity contribution < 1.29 is 8.42 Å². The van der Waals surface area contributed by atoms with Crippen LogP contribution in [-0.4, -0.2) is 19.5 Å². The van der Waals surface area contributed by atoms with Crippen LogP contribution in [-0.2, 0) is 16.4 Å². The van der Waals surface area contributed by atoms with Crippen molar-refractivity contribution in [1.82, 2.24) is 4.72 Å². The monoisotopic (exact) mass is 273 g/mol. The van der Waals surface area contributed by atoms with Gasteiger partial charge in [-0.2, -0.15) is 0 Å². The Bertz CT molecular complexity index is 501. The van der Waals surface area contributed by atoms with Gasteiger partial charge >= 0.3 is 0 Å². The maximum Gasteiger partial charge on any atom is 0.212 e. The standard InChI is InChI=1S/C12H16ClNO2S/c1-2-7-17(15,16)14-12-10-6-4-3-5-9(10)8-11(12)13/h3-6,11-12,14H,2,7-8H2,1H3. The lowest BCUT2D eigenvalue weighted by atomic mass is 10.1. The summed E-state index contributed by atoms with van der Waals surface area (Å²) in [5.41, 5.74) is 2.14. The van der Waals surface area contributed by atoms with E-state index >= 15 is 0 Å². The summed E-state index contributed by atoms with van der Waals surface area (Å²) in [7, 11) is -3.23. The molecule has 0 aliphatic heterocycles. The zero-order valence-electron chi connectivity index (χ0n) is 9.69. The minimum Gasteiger partial charge on any atom is -0.212 e. The second-order valence-corrected chi connectivity index (χ2v) is 6.77. The quantitative estimate of drug-likeness (QED) is 0.855. The highest BCUT2D eigenvalue weighted by Gasteiger charge is 2.33. The molecule has 0 bridgehead atoms. The number of alkyl halides is 1. The number of hydrogen-bond acceptors (Lipinski definition) is 2. The average molecular weight is 274 g/mol. The number of benzene rings is 1. The molecular weight excluding hydrogens is 258 g/mol. The minimum atomic E-state index is -3.23. The molecule has 3 nitrogen and oxygen atoms in total. The molecule has 94 valence electrons. The molecule has 0 spiro atoms. The van der Waals surface area contributed by atoms with Gasteiger partial charge in [0.1, 0.15) is 0 Å². The smallest absolute Gasteiger partial charge is 0.212 e. The van der Waals surface area contributed by atoms with E-state index in [-0.39, 0.29) is 17.2 Å². The van der Waals surface area contributed by atoms with Gasteiger partial charge in [0.2, 0.25) is 10.0 Å². The molecule has 17 heavy (non-hydrogen) atoms. The Morgan fingerprint density at radius 3 is 2.82 bits per heavy atom. The van der Waals surface area contributed by atoms with Crippen molar-refractivity contribution in [3.63, 3.8) is 0 Å². The Morgan fingerprint density at radius 2 is 2.12 bits per heavy atom. The SMILES string of the molecule is CCCS(=O)(=O)NC1c2ccccc2CC1Cl. The van der Waals surface area contributed by atoms with Crippen LogP contribution in [0.3, 0.4) is 0 Å². The summed E-state index contributed by atoms with van der Waals surface area (Å²) in [6.07, 6.45) is 1.33. The molecule has 0 amide bonds. The first kappa shape index (κ1) is 12.9. The van der Waals surface area contributed by atoms with Crippen molar-refractivity contribution >= 4 is 21.6 Å². The van der Waals surface area contributed by atoms with Gasteiger partial charge in [-0.3, -0.25) is 0 Å². The van der Waals surface area contributed by atoms with Gasteiger partial charge in [0.25, 0.3) is 0 Å². The van der Waals surface area contributed by atoms with Crippen molar-refractivity contribution in [3.8, 4) is 0 Å². The fourth-order valence-electron chi connectivity index (χ4n) is 2.20. The Balaban J connectivity index is 2.23. The van der Waals surface area contributed by atoms with Gasteiger partial charge in [0.15, 0.2) is 0 Å². The molecule has 1 aromatic rings. The summed E-state index contributed by atoms with van der Waals surface area (Å²) >= 11 is 6.22. The van der Waals surface area contributed by atoms with Crippen LogP contribution in [0.2, 0.25) is 0 Å². The van der Waals surface area contributed by atoms with Crippen LogP contribution in [0.15, 0.2) is 24.3 Å². The maximum atomic E-state index is 11.8. The van der Waals surface area contributed by atoms with Crippen LogP contribution in [0.4, 0.5) is 0 Å². The summed E-state index contributed by atoms with van der Waals surface area (Å²) in [5, 5.41) is -0.195. The third kappa shape index (κ3) is 2.81. The van der Waals surface area contributed by atoms with Crippen molar-refractivity contribution in [2.45, 2.75) is 31.2 Å². The van der Waals surface area contributed by atoms with E-state index in [4.69, 9.17) is 11.6 Å². The van der Waals surface area contributed by atoms with Gasteiger partial charge in [-0.1, -0.05) is 31.2 Å². The molecule has 0 saturated heterocycles. The molecule has 0 fully saturated rings. The highest BCUT2D eigenvalue weighted by Crippen LogP contribution is 2.35. The van der Waals surface area contributed by atoms with Crippen molar-refractivity contribution in [2.24, 2.45) is 0 Å². The molecule has 0 radical (unpaired) electrons. The molecule has 2 rings (SSSR count). The average Bonchev–Trinajstić information content (AvgIpc) is 2.55. The summed E-state index contributed by atoms with van der Waals surface area (Å²) < 4.78 is 26.2. The lowest BCUT2D eigenvalue weighted by molar-refractivity contribution is 0.555. The van der Waals surface area contributed by atoms with Gasteiger partial charge in [-0.15, -0.1) is 11.6 Å². The molecule has 0 saturated carbocycles. The number of hydrogen-bond donors (Lipinski definition) is 1. The summed E-state index contributed by atoms with van der Waals surface area (Å²) in [5.74, 6) is 0.148. The fraction of sp³-hybridized carbons (Fsp3) is 0.500. The van der Waals surface area contributed by atoms with Gasteiger partial charge in [0, 0.05) is 0 Å². The predicted octanol–water partition coefficient (Wildman–Crippen LogP) is 2.22. The fourth-order valence-corrected chi connectivity index (χ4v) is 3.98. The van der Waals surface area contributed by atoms with E-state index in [2.05, 4.69) is 4.72 Å². The second-order valence-electron chi connectivity index (χ2n) is 4.33. The van der Waals surface area contributed by atoms with E-state index in [1.165, 1.54) is 0 Å². The molecule has 1 N–H and O–H groups in total. The van der Waals surface area contributed by atoms with E-state index < -0.39 is 10.0 Å². The molecule has 1 aliphatic carbocycles. The zero-order chi connectivity index (χ0) is 12.5. The van der Waals surface area contributed by atoms with E-state index in [0.717, 1.165) is 17.5 Å². The molecule has 1 aliphatic rings. The van der Waals surface area contributed by atoms with E-state index in [0.29, 0.717) is 6.42 Å². The third-order valence-electron chi connectivity index (χ3n) is 2.95. The molecular formula is C12H16ClNO2S. The van der Waals surface area contributed by atoms with Crippen LogP contribution in [0.25, 0.3) is 0 Å². The van der Waals surface area contributed by atoms with Crippen molar-refractivity contribution in [2.75, 3.05) is 5.75 Å². The largest absolute Gasteiger partial charge is 0.212 e. The minimum absolute atomic E-state index is 0.148. The first-order valence-electron chi connectivity index (χ1n) is 5.75. The Hall–Kier alpha value is -0.580. The third-order valence-corrected chi connectivity index (χ3v) is 4.91. The molecule has 0 heterocycles. The lowest BCUT2D eigenvalue weighted by Crippen LogP contribution is -2.33. The predicted molar refractivity (Wildman–Crippen MR) is 69.7 cm³/mol.